The molecule has 0 fully saturated rings. The quantitative estimate of drug-likeness (QED) is 0.0803. The van der Waals surface area contributed by atoms with E-state index in [1.165, 1.54) is 44.9 Å². The van der Waals surface area contributed by atoms with Crippen molar-refractivity contribution in [3.8, 4) is 0 Å². The predicted octanol–water partition coefficient (Wildman–Crippen LogP) is 4.75. The van der Waals surface area contributed by atoms with Crippen LogP contribution in [-0.2, 0) is 61.6 Å². The fourth-order valence-electron chi connectivity index (χ4n) is 4.18. The summed E-state index contributed by atoms with van der Waals surface area (Å²) in [5.74, 6) is 0. The smallest absolute Gasteiger partial charge is 0.0701 e. The second-order valence-corrected chi connectivity index (χ2v) is 11.4. The second-order valence-electron chi connectivity index (χ2n) is 11.4. The fourth-order valence-corrected chi connectivity index (χ4v) is 4.18. The van der Waals surface area contributed by atoms with E-state index in [2.05, 4.69) is 13.8 Å². The highest BCUT2D eigenvalue weighted by Gasteiger charge is 1.97. The van der Waals surface area contributed by atoms with Gasteiger partial charge in [0.15, 0.2) is 0 Å². The van der Waals surface area contributed by atoms with Gasteiger partial charge in [-0.3, -0.25) is 0 Å². The number of unbranched alkanes of at least 4 members (excludes halogenated alkanes) is 7. The summed E-state index contributed by atoms with van der Waals surface area (Å²) in [6, 6.07) is 0. The summed E-state index contributed by atoms with van der Waals surface area (Å²) in [4.78, 5) is 0. The van der Waals surface area contributed by atoms with Crippen molar-refractivity contribution < 1.29 is 61.6 Å². The van der Waals surface area contributed by atoms with Crippen LogP contribution in [0.25, 0.3) is 0 Å². The van der Waals surface area contributed by atoms with Gasteiger partial charge in [0.2, 0.25) is 0 Å². The van der Waals surface area contributed by atoms with Crippen LogP contribution in [0.3, 0.4) is 0 Å². The van der Waals surface area contributed by atoms with Crippen molar-refractivity contribution in [3.05, 3.63) is 0 Å². The van der Waals surface area contributed by atoms with E-state index in [1.807, 2.05) is 0 Å². The number of rotatable bonds is 47. The minimum absolute atomic E-state index is 0.517. The van der Waals surface area contributed by atoms with Crippen LogP contribution in [0.2, 0.25) is 0 Å². The molecule has 0 amide bonds. The average molecular weight is 729 g/mol. The van der Waals surface area contributed by atoms with Gasteiger partial charge in [-0.2, -0.15) is 0 Å². The van der Waals surface area contributed by atoms with Gasteiger partial charge in [0.1, 0.15) is 0 Å². The van der Waals surface area contributed by atoms with Gasteiger partial charge in [-0.1, -0.05) is 58.8 Å². The van der Waals surface area contributed by atoms with Crippen LogP contribution in [-0.4, -0.2) is 172 Å². The van der Waals surface area contributed by atoms with Gasteiger partial charge >= 0.3 is 0 Å². The Bertz CT molecular complexity index is 529. The van der Waals surface area contributed by atoms with Crippen LogP contribution >= 0.6 is 0 Å². The lowest BCUT2D eigenvalue weighted by molar-refractivity contribution is -0.0290. The molecule has 0 saturated heterocycles. The molecule has 0 aliphatic heterocycles. The molecule has 302 valence electrons. The minimum Gasteiger partial charge on any atom is -0.379 e. The molecule has 0 aromatic rings. The van der Waals surface area contributed by atoms with Crippen LogP contribution < -0.4 is 0 Å². The van der Waals surface area contributed by atoms with Crippen molar-refractivity contribution >= 4 is 0 Å². The molecule has 50 heavy (non-hydrogen) atoms. The maximum atomic E-state index is 5.56. The molecule has 0 rings (SSSR count). The first-order valence-electron chi connectivity index (χ1n) is 19.4. The molecular weight excluding hydrogens is 652 g/mol. The summed E-state index contributed by atoms with van der Waals surface area (Å²) in [7, 11) is 0. The molecule has 0 unspecified atom stereocenters. The molecule has 0 N–H and O–H groups in total. The molecule has 0 spiro atoms. The number of ether oxygens (including phenoxy) is 13. The molecular formula is C37H76O13. The highest BCUT2D eigenvalue weighted by Crippen LogP contribution is 2.02. The molecule has 0 radical (unpaired) electrons. The molecule has 0 saturated carbocycles. The lowest BCUT2D eigenvalue weighted by Crippen LogP contribution is -2.15. The molecule has 0 heterocycles. The Labute approximate surface area is 304 Å². The van der Waals surface area contributed by atoms with Gasteiger partial charge in [-0.05, 0) is 12.8 Å². The Hall–Kier alpha value is -0.520. The number of hydrogen-bond acceptors (Lipinski definition) is 13. The molecule has 0 aliphatic carbocycles. The highest BCUT2D eigenvalue weighted by molar-refractivity contribution is 4.43. The SMILES string of the molecule is CCCCCCCOCCOCCOCCOCCOCCOCCOCCOCCOCCOCCOCCOCCOCCCCCC. The first-order chi connectivity index (χ1) is 24.9. The third-order valence-corrected chi connectivity index (χ3v) is 7.00. The summed E-state index contributed by atoms with van der Waals surface area (Å²) in [6.45, 7) is 19.3. The summed E-state index contributed by atoms with van der Waals surface area (Å²) in [5, 5.41) is 0. The van der Waals surface area contributed by atoms with Gasteiger partial charge < -0.3 is 61.6 Å². The normalized spacial score (nSPS) is 11.6. The van der Waals surface area contributed by atoms with Crippen molar-refractivity contribution in [3.63, 3.8) is 0 Å². The Morgan fingerprint density at radius 1 is 0.160 bits per heavy atom. The van der Waals surface area contributed by atoms with E-state index in [0.717, 1.165) is 26.1 Å². The van der Waals surface area contributed by atoms with E-state index >= 15 is 0 Å². The van der Waals surface area contributed by atoms with Gasteiger partial charge in [-0.25, -0.2) is 0 Å². The van der Waals surface area contributed by atoms with Crippen molar-refractivity contribution in [2.75, 3.05) is 172 Å². The highest BCUT2D eigenvalue weighted by atomic mass is 16.6. The van der Waals surface area contributed by atoms with Crippen LogP contribution in [0.5, 0.6) is 0 Å². The Kier molecular flexibility index (Phi) is 48.0. The second kappa shape index (κ2) is 48.5. The summed E-state index contributed by atoms with van der Waals surface area (Å²) in [5.41, 5.74) is 0. The summed E-state index contributed by atoms with van der Waals surface area (Å²) in [6.07, 6.45) is 11.2. The summed E-state index contributed by atoms with van der Waals surface area (Å²) >= 11 is 0. The summed E-state index contributed by atoms with van der Waals surface area (Å²) < 4.78 is 71.6. The molecule has 0 aliphatic rings. The van der Waals surface area contributed by atoms with Crippen molar-refractivity contribution in [2.24, 2.45) is 0 Å². The Morgan fingerprint density at radius 2 is 0.300 bits per heavy atom. The first kappa shape index (κ1) is 49.5. The molecule has 13 heteroatoms. The van der Waals surface area contributed by atoms with Gasteiger partial charge in [0.05, 0.1) is 159 Å². The minimum atomic E-state index is 0.517. The van der Waals surface area contributed by atoms with Crippen molar-refractivity contribution in [1.82, 2.24) is 0 Å². The molecule has 13 nitrogen and oxygen atoms in total. The maximum Gasteiger partial charge on any atom is 0.0701 e. The Balaban J connectivity index is 3.04. The topological polar surface area (TPSA) is 120 Å². The Morgan fingerprint density at radius 3 is 0.480 bits per heavy atom. The van der Waals surface area contributed by atoms with Gasteiger partial charge in [-0.15, -0.1) is 0 Å². The zero-order chi connectivity index (χ0) is 35.9. The van der Waals surface area contributed by atoms with E-state index < -0.39 is 0 Å². The molecule has 0 bridgehead atoms. The third kappa shape index (κ3) is 47.5. The van der Waals surface area contributed by atoms with Crippen LogP contribution in [0, 0.1) is 0 Å². The van der Waals surface area contributed by atoms with Gasteiger partial charge in [0, 0.05) is 13.2 Å². The van der Waals surface area contributed by atoms with Gasteiger partial charge in [0.25, 0.3) is 0 Å². The zero-order valence-electron chi connectivity index (χ0n) is 32.1. The molecule has 0 aromatic carbocycles. The van der Waals surface area contributed by atoms with E-state index in [9.17, 15) is 0 Å². The fraction of sp³-hybridized carbons (Fsp3) is 1.00. The third-order valence-electron chi connectivity index (χ3n) is 7.00. The number of hydrogen-bond donors (Lipinski definition) is 0. The van der Waals surface area contributed by atoms with E-state index in [0.29, 0.717) is 159 Å². The molecule has 0 aromatic heterocycles. The van der Waals surface area contributed by atoms with Crippen molar-refractivity contribution in [1.29, 1.82) is 0 Å². The maximum absolute atomic E-state index is 5.56. The van der Waals surface area contributed by atoms with Crippen LogP contribution in [0.4, 0.5) is 0 Å². The lowest BCUT2D eigenvalue weighted by Gasteiger charge is -2.09. The molecule has 0 atom stereocenters. The lowest BCUT2D eigenvalue weighted by atomic mass is 10.2. The van der Waals surface area contributed by atoms with Crippen LogP contribution in [0.15, 0.2) is 0 Å². The average Bonchev–Trinajstić information content (AvgIpc) is 3.13. The van der Waals surface area contributed by atoms with Crippen LogP contribution in [0.1, 0.15) is 71.6 Å². The monoisotopic (exact) mass is 729 g/mol. The zero-order valence-corrected chi connectivity index (χ0v) is 32.1. The van der Waals surface area contributed by atoms with E-state index in [1.54, 1.807) is 0 Å². The van der Waals surface area contributed by atoms with E-state index in [4.69, 9.17) is 61.6 Å². The van der Waals surface area contributed by atoms with E-state index in [-0.39, 0.29) is 0 Å². The first-order valence-corrected chi connectivity index (χ1v) is 19.4. The largest absolute Gasteiger partial charge is 0.379 e. The van der Waals surface area contributed by atoms with Crippen molar-refractivity contribution in [2.45, 2.75) is 71.6 Å². The predicted molar refractivity (Wildman–Crippen MR) is 194 cm³/mol. The standard InChI is InChI=1S/C37H76O13/c1-3-5-7-9-11-13-39-15-17-41-19-21-43-23-25-45-27-29-47-31-33-49-35-37-50-36-34-48-32-30-46-28-26-44-24-22-42-20-18-40-16-14-38-12-10-8-6-4-2/h3-37H2,1-2H3.